The molecule has 0 aliphatic heterocycles. The molecule has 0 heterocycles. The highest BCUT2D eigenvalue weighted by Gasteiger charge is 2.37. The Hall–Kier alpha value is -1.77. The fraction of sp³-hybridized carbons (Fsp3) is 0.526. The molecule has 3 rings (SSSR count). The maximum absolute atomic E-state index is 12.2. The van der Waals surface area contributed by atoms with Gasteiger partial charge >= 0.3 is 0 Å². The van der Waals surface area contributed by atoms with Crippen molar-refractivity contribution in [2.24, 2.45) is 5.41 Å². The number of carbonyl (C=O) groups excluding carboxylic acids is 1. The third-order valence-corrected chi connectivity index (χ3v) is 4.95. The summed E-state index contributed by atoms with van der Waals surface area (Å²) in [5.74, 6) is 0.942. The fourth-order valence-corrected chi connectivity index (χ4v) is 3.71. The minimum absolute atomic E-state index is 0.0964. The smallest absolute Gasteiger partial charge is 0.247 e. The summed E-state index contributed by atoms with van der Waals surface area (Å²) in [6.07, 6.45) is 10.8. The number of ether oxygens (including phenoxy) is 1. The lowest BCUT2D eigenvalue weighted by Crippen LogP contribution is -2.30. The predicted octanol–water partition coefficient (Wildman–Crippen LogP) is 3.85. The molecule has 1 N–H and O–H groups in total. The van der Waals surface area contributed by atoms with Crippen molar-refractivity contribution in [2.45, 2.75) is 44.9 Å². The first-order valence-electron chi connectivity index (χ1n) is 8.43. The van der Waals surface area contributed by atoms with Gasteiger partial charge in [-0.15, -0.1) is 0 Å². The summed E-state index contributed by atoms with van der Waals surface area (Å²) in [5.41, 5.74) is 1.40. The Labute approximate surface area is 132 Å². The molecule has 1 fully saturated rings. The van der Waals surface area contributed by atoms with Gasteiger partial charge in [-0.2, -0.15) is 0 Å². The summed E-state index contributed by atoms with van der Waals surface area (Å²) in [7, 11) is 0. The van der Waals surface area contributed by atoms with Gasteiger partial charge in [0, 0.05) is 5.57 Å². The highest BCUT2D eigenvalue weighted by atomic mass is 16.5. The van der Waals surface area contributed by atoms with E-state index in [4.69, 9.17) is 4.74 Å². The van der Waals surface area contributed by atoms with Gasteiger partial charge in [0.2, 0.25) is 5.91 Å². The van der Waals surface area contributed by atoms with Crippen LogP contribution in [0.4, 0.5) is 0 Å². The minimum Gasteiger partial charge on any atom is -0.492 e. The molecule has 0 saturated heterocycles. The Bertz CT molecular complexity index is 530. The first-order chi connectivity index (χ1) is 10.8. The first kappa shape index (κ1) is 15.1. The molecule has 1 spiro atoms. The Morgan fingerprint density at radius 1 is 1.14 bits per heavy atom. The van der Waals surface area contributed by atoms with Crippen LogP contribution in [0, 0.1) is 5.41 Å². The van der Waals surface area contributed by atoms with E-state index in [0.29, 0.717) is 18.6 Å². The second kappa shape index (κ2) is 6.99. The summed E-state index contributed by atoms with van der Waals surface area (Å²) in [6.45, 7) is 1.06. The van der Waals surface area contributed by atoms with Crippen LogP contribution in [-0.2, 0) is 4.79 Å². The molecule has 0 radical (unpaired) electrons. The number of benzene rings is 1. The molecule has 0 bridgehead atoms. The van der Waals surface area contributed by atoms with Crippen LogP contribution in [0.2, 0.25) is 0 Å². The molecule has 1 aromatic carbocycles. The molecule has 22 heavy (non-hydrogen) atoms. The monoisotopic (exact) mass is 299 g/mol. The lowest BCUT2D eigenvalue weighted by atomic mass is 9.72. The van der Waals surface area contributed by atoms with Gasteiger partial charge in [-0.3, -0.25) is 4.79 Å². The average Bonchev–Trinajstić information content (AvgIpc) is 2.97. The van der Waals surface area contributed by atoms with Crippen LogP contribution < -0.4 is 10.1 Å². The van der Waals surface area contributed by atoms with E-state index in [1.54, 1.807) is 0 Å². The van der Waals surface area contributed by atoms with Gasteiger partial charge < -0.3 is 10.1 Å². The average molecular weight is 299 g/mol. The fourth-order valence-electron chi connectivity index (χ4n) is 3.71. The van der Waals surface area contributed by atoms with E-state index in [1.165, 1.54) is 32.1 Å². The van der Waals surface area contributed by atoms with Crippen molar-refractivity contribution >= 4 is 5.91 Å². The van der Waals surface area contributed by atoms with Crippen molar-refractivity contribution in [1.82, 2.24) is 5.32 Å². The van der Waals surface area contributed by atoms with Gasteiger partial charge in [0.25, 0.3) is 0 Å². The second-order valence-electron chi connectivity index (χ2n) is 6.59. The van der Waals surface area contributed by atoms with Crippen LogP contribution in [0.3, 0.4) is 0 Å². The van der Waals surface area contributed by atoms with E-state index in [9.17, 15) is 4.79 Å². The topological polar surface area (TPSA) is 38.3 Å². The third kappa shape index (κ3) is 3.70. The van der Waals surface area contributed by atoms with Crippen LogP contribution in [0.1, 0.15) is 44.9 Å². The Kier molecular flexibility index (Phi) is 4.81. The van der Waals surface area contributed by atoms with Crippen LogP contribution in [0.5, 0.6) is 5.75 Å². The number of hydrogen-bond acceptors (Lipinski definition) is 2. The maximum atomic E-state index is 12.2. The maximum Gasteiger partial charge on any atom is 0.247 e. The van der Waals surface area contributed by atoms with Crippen LogP contribution in [0.25, 0.3) is 0 Å². The number of carbonyl (C=O) groups is 1. The van der Waals surface area contributed by atoms with E-state index in [0.717, 1.165) is 24.2 Å². The van der Waals surface area contributed by atoms with Crippen molar-refractivity contribution in [1.29, 1.82) is 0 Å². The molecule has 0 aromatic heterocycles. The zero-order valence-corrected chi connectivity index (χ0v) is 13.1. The molecule has 3 nitrogen and oxygen atoms in total. The Morgan fingerprint density at radius 3 is 2.68 bits per heavy atom. The molecular weight excluding hydrogens is 274 g/mol. The van der Waals surface area contributed by atoms with Crippen molar-refractivity contribution < 1.29 is 9.53 Å². The second-order valence-corrected chi connectivity index (χ2v) is 6.59. The number of allylic oxidation sites excluding steroid dienone is 1. The van der Waals surface area contributed by atoms with Gasteiger partial charge in [0.05, 0.1) is 6.54 Å². The number of rotatable bonds is 5. The number of hydrogen-bond donors (Lipinski definition) is 1. The zero-order valence-electron chi connectivity index (χ0n) is 13.1. The van der Waals surface area contributed by atoms with Crippen LogP contribution >= 0.6 is 0 Å². The van der Waals surface area contributed by atoms with Gasteiger partial charge in [-0.05, 0) is 43.2 Å². The summed E-state index contributed by atoms with van der Waals surface area (Å²) < 4.78 is 5.59. The van der Waals surface area contributed by atoms with E-state index in [2.05, 4.69) is 11.4 Å². The van der Waals surface area contributed by atoms with Crippen LogP contribution in [-0.4, -0.2) is 19.1 Å². The predicted molar refractivity (Wildman–Crippen MR) is 87.8 cm³/mol. The molecule has 0 unspecified atom stereocenters. The van der Waals surface area contributed by atoms with Gasteiger partial charge in [0.15, 0.2) is 0 Å². The number of nitrogens with one attached hydrogen (secondary N) is 1. The quantitative estimate of drug-likeness (QED) is 0.839. The molecule has 2 aliphatic rings. The summed E-state index contributed by atoms with van der Waals surface area (Å²) in [6, 6.07) is 9.70. The largest absolute Gasteiger partial charge is 0.492 e. The minimum atomic E-state index is 0.0964. The SMILES string of the molecule is O=C(NCCOc1ccccc1)C1=CCC2(CCCCC2)C1. The van der Waals surface area contributed by atoms with Gasteiger partial charge in [-0.25, -0.2) is 0 Å². The summed E-state index contributed by atoms with van der Waals surface area (Å²) in [4.78, 5) is 12.2. The number of para-hydroxylation sites is 1. The van der Waals surface area contributed by atoms with E-state index in [-0.39, 0.29) is 5.91 Å². The van der Waals surface area contributed by atoms with E-state index >= 15 is 0 Å². The molecular formula is C19H25NO2. The molecule has 0 atom stereocenters. The van der Waals surface area contributed by atoms with Crippen molar-refractivity contribution in [3.05, 3.63) is 42.0 Å². The lowest BCUT2D eigenvalue weighted by molar-refractivity contribution is -0.117. The molecule has 1 amide bonds. The standard InChI is InChI=1S/C19H25NO2/c21-18(20-13-14-22-17-7-3-1-4-8-17)16-9-12-19(15-16)10-5-2-6-11-19/h1,3-4,7-9H,2,5-6,10-15H2,(H,20,21). The van der Waals surface area contributed by atoms with E-state index in [1.807, 2.05) is 30.3 Å². The molecule has 3 heteroatoms. The van der Waals surface area contributed by atoms with Gasteiger partial charge in [0.1, 0.15) is 12.4 Å². The lowest BCUT2D eigenvalue weighted by Gasteiger charge is -2.33. The van der Waals surface area contributed by atoms with Crippen molar-refractivity contribution in [2.75, 3.05) is 13.2 Å². The number of amides is 1. The third-order valence-electron chi connectivity index (χ3n) is 4.95. The first-order valence-corrected chi connectivity index (χ1v) is 8.43. The summed E-state index contributed by atoms with van der Waals surface area (Å²) >= 11 is 0. The molecule has 118 valence electrons. The molecule has 1 saturated carbocycles. The van der Waals surface area contributed by atoms with Crippen LogP contribution in [0.15, 0.2) is 42.0 Å². The van der Waals surface area contributed by atoms with Gasteiger partial charge in [-0.1, -0.05) is 43.5 Å². The normalized spacial score (nSPS) is 19.7. The molecule has 1 aromatic rings. The summed E-state index contributed by atoms with van der Waals surface area (Å²) in [5, 5.41) is 2.98. The highest BCUT2D eigenvalue weighted by molar-refractivity contribution is 5.94. The van der Waals surface area contributed by atoms with E-state index < -0.39 is 0 Å². The van der Waals surface area contributed by atoms with Crippen molar-refractivity contribution in [3.8, 4) is 5.75 Å². The Morgan fingerprint density at radius 2 is 1.91 bits per heavy atom. The zero-order chi connectivity index (χ0) is 15.3. The highest BCUT2D eigenvalue weighted by Crippen LogP contribution is 2.48. The molecule has 2 aliphatic carbocycles. The van der Waals surface area contributed by atoms with Crippen molar-refractivity contribution in [3.63, 3.8) is 0 Å². The Balaban J connectivity index is 1.39.